The molecule has 1 aromatic heterocycles. The summed E-state index contributed by atoms with van der Waals surface area (Å²) in [6.07, 6.45) is 0.967. The number of ether oxygens (including phenoxy) is 2. The molecule has 10 nitrogen and oxygen atoms in total. The first-order valence-electron chi connectivity index (χ1n) is 13.1. The van der Waals surface area contributed by atoms with Crippen molar-refractivity contribution >= 4 is 28.4 Å². The average molecular weight is 570 g/mol. The summed E-state index contributed by atoms with van der Waals surface area (Å²) in [4.78, 5) is 29.0. The number of aromatic nitrogens is 2. The third-order valence-electron chi connectivity index (χ3n) is 8.06. The van der Waals surface area contributed by atoms with Gasteiger partial charge in [0.05, 0.1) is 13.2 Å². The van der Waals surface area contributed by atoms with Crippen LogP contribution in [0.25, 0.3) is 0 Å². The van der Waals surface area contributed by atoms with Crippen LogP contribution in [0.1, 0.15) is 54.7 Å². The highest BCUT2D eigenvalue weighted by Crippen LogP contribution is 2.46. The van der Waals surface area contributed by atoms with E-state index in [-0.39, 0.29) is 29.1 Å². The van der Waals surface area contributed by atoms with Gasteiger partial charge in [0.25, 0.3) is 0 Å². The maximum atomic E-state index is 12.9. The van der Waals surface area contributed by atoms with E-state index in [1.165, 1.54) is 29.0 Å². The van der Waals surface area contributed by atoms with Gasteiger partial charge in [0.15, 0.2) is 22.9 Å². The van der Waals surface area contributed by atoms with E-state index in [1.807, 2.05) is 13.1 Å². The number of esters is 1. The van der Waals surface area contributed by atoms with Crippen LogP contribution in [0.15, 0.2) is 29.2 Å². The standard InChI is InChI=1S/C26H47N3O7Si2/c1-12-33-20(30)13-15-26(32)18(17-34-37(8,9)24(2,3)4)35-22(29-16-14-19(27)28-23(29)31)21(26)36-38(10,11)25(5,6)7/h13-16,18,21-22,32H,12,17H2,1-11H3,(H2,27,28,31)/b15-13+/t18-,21+,22-,26-/m1/s1. The van der Waals surface area contributed by atoms with Crippen molar-refractivity contribution in [3.8, 4) is 0 Å². The lowest BCUT2D eigenvalue weighted by Crippen LogP contribution is -2.56. The molecule has 0 spiro atoms. The first kappa shape index (κ1) is 32.4. The quantitative estimate of drug-likeness (QED) is 0.257. The molecule has 0 unspecified atom stereocenters. The molecule has 0 bridgehead atoms. The third-order valence-corrected chi connectivity index (χ3v) is 17.0. The van der Waals surface area contributed by atoms with E-state index in [1.54, 1.807) is 6.92 Å². The Kier molecular flexibility index (Phi) is 9.66. The van der Waals surface area contributed by atoms with Gasteiger partial charge in [-0.25, -0.2) is 9.59 Å². The van der Waals surface area contributed by atoms with Crippen molar-refractivity contribution in [2.75, 3.05) is 18.9 Å². The zero-order valence-corrected chi connectivity index (χ0v) is 26.8. The van der Waals surface area contributed by atoms with Crippen molar-refractivity contribution in [2.24, 2.45) is 0 Å². The number of nitrogens with two attached hydrogens (primary N) is 1. The Labute approximate surface area is 228 Å². The van der Waals surface area contributed by atoms with E-state index in [2.05, 4.69) is 59.6 Å². The highest BCUT2D eigenvalue weighted by atomic mass is 28.4. The second-order valence-electron chi connectivity index (χ2n) is 12.9. The Morgan fingerprint density at radius 3 is 2.26 bits per heavy atom. The smallest absolute Gasteiger partial charge is 0.351 e. The summed E-state index contributed by atoms with van der Waals surface area (Å²) < 4.78 is 25.9. The van der Waals surface area contributed by atoms with Crippen molar-refractivity contribution < 1.29 is 28.2 Å². The molecule has 38 heavy (non-hydrogen) atoms. The van der Waals surface area contributed by atoms with Gasteiger partial charge in [0.2, 0.25) is 0 Å². The van der Waals surface area contributed by atoms with Gasteiger partial charge in [-0.3, -0.25) is 4.57 Å². The Balaban J connectivity index is 2.67. The number of carbonyl (C=O) groups is 1. The predicted molar refractivity (Wildman–Crippen MR) is 153 cm³/mol. The summed E-state index contributed by atoms with van der Waals surface area (Å²) in [5, 5.41) is 12.0. The van der Waals surface area contributed by atoms with Crippen LogP contribution in [0.2, 0.25) is 36.3 Å². The molecule has 1 aromatic rings. The van der Waals surface area contributed by atoms with Gasteiger partial charge in [-0.1, -0.05) is 41.5 Å². The SMILES string of the molecule is CCOC(=O)/C=C/[C@@]1(O)[C@@H](CO[Si](C)(C)C(C)(C)C)O[C@@H](n2ccc(N)nc2=O)[C@@H]1O[Si](C)(C)C(C)(C)C. The molecule has 1 saturated heterocycles. The van der Waals surface area contributed by atoms with Crippen LogP contribution >= 0.6 is 0 Å². The molecule has 0 aliphatic carbocycles. The first-order chi connectivity index (χ1) is 17.2. The van der Waals surface area contributed by atoms with Crippen molar-refractivity contribution in [1.82, 2.24) is 9.55 Å². The molecule has 2 heterocycles. The number of anilines is 1. The summed E-state index contributed by atoms with van der Waals surface area (Å²) >= 11 is 0. The van der Waals surface area contributed by atoms with E-state index in [0.29, 0.717) is 0 Å². The number of aliphatic hydroxyl groups is 1. The van der Waals surface area contributed by atoms with Crippen LogP contribution in [-0.2, 0) is 23.1 Å². The zero-order chi connectivity index (χ0) is 29.3. The van der Waals surface area contributed by atoms with E-state index in [0.717, 1.165) is 0 Å². The van der Waals surface area contributed by atoms with Crippen molar-refractivity contribution in [1.29, 1.82) is 0 Å². The Hall–Kier alpha value is -1.84. The largest absolute Gasteiger partial charge is 0.463 e. The topological polar surface area (TPSA) is 135 Å². The van der Waals surface area contributed by atoms with Gasteiger partial charge in [-0.15, -0.1) is 0 Å². The molecule has 0 radical (unpaired) electrons. The monoisotopic (exact) mass is 569 g/mol. The Morgan fingerprint density at radius 2 is 1.76 bits per heavy atom. The number of nitrogens with zero attached hydrogens (tertiary/aromatic N) is 2. The lowest BCUT2D eigenvalue weighted by atomic mass is 9.91. The molecule has 216 valence electrons. The summed E-state index contributed by atoms with van der Waals surface area (Å²) in [5.74, 6) is -0.535. The van der Waals surface area contributed by atoms with Crippen LogP contribution in [-0.4, -0.2) is 68.3 Å². The van der Waals surface area contributed by atoms with Gasteiger partial charge >= 0.3 is 11.7 Å². The molecule has 1 fully saturated rings. The molecule has 3 N–H and O–H groups in total. The molecule has 12 heteroatoms. The van der Waals surface area contributed by atoms with Gasteiger partial charge in [-0.2, -0.15) is 4.98 Å². The molecule has 1 aliphatic rings. The summed E-state index contributed by atoms with van der Waals surface area (Å²) in [5.41, 5.74) is 3.27. The highest BCUT2D eigenvalue weighted by molar-refractivity contribution is 6.74. The average Bonchev–Trinajstić information content (AvgIpc) is 3.01. The van der Waals surface area contributed by atoms with Crippen LogP contribution in [0.4, 0.5) is 5.82 Å². The molecular weight excluding hydrogens is 522 g/mol. The Bertz CT molecular complexity index is 1080. The number of hydrogen-bond donors (Lipinski definition) is 2. The third kappa shape index (κ3) is 7.02. The minimum Gasteiger partial charge on any atom is -0.463 e. The highest BCUT2D eigenvalue weighted by Gasteiger charge is 2.59. The van der Waals surface area contributed by atoms with Crippen molar-refractivity contribution in [3.05, 3.63) is 34.9 Å². The fourth-order valence-corrected chi connectivity index (χ4v) is 5.80. The molecular formula is C26H47N3O7Si2. The maximum Gasteiger partial charge on any atom is 0.351 e. The second-order valence-corrected chi connectivity index (χ2v) is 22.5. The lowest BCUT2D eigenvalue weighted by molar-refractivity contribution is -0.137. The Morgan fingerprint density at radius 1 is 1.18 bits per heavy atom. The fraction of sp³-hybridized carbons (Fsp3) is 0.731. The number of carbonyl (C=O) groups excluding carboxylic acids is 1. The first-order valence-corrected chi connectivity index (χ1v) is 18.9. The van der Waals surface area contributed by atoms with Crippen LogP contribution in [0, 0.1) is 0 Å². The molecule has 2 rings (SSSR count). The molecule has 0 amide bonds. The van der Waals surface area contributed by atoms with E-state index < -0.39 is 52.3 Å². The maximum absolute atomic E-state index is 12.9. The number of nitrogen functional groups attached to an aromatic ring is 1. The van der Waals surface area contributed by atoms with Crippen LogP contribution in [0.5, 0.6) is 0 Å². The second kappa shape index (κ2) is 11.3. The number of rotatable bonds is 9. The molecule has 0 aromatic carbocycles. The molecule has 1 aliphatic heterocycles. The van der Waals surface area contributed by atoms with E-state index >= 15 is 0 Å². The minimum atomic E-state index is -2.53. The summed E-state index contributed by atoms with van der Waals surface area (Å²) in [7, 11) is -4.78. The van der Waals surface area contributed by atoms with Crippen molar-refractivity contribution in [3.63, 3.8) is 0 Å². The molecule has 4 atom stereocenters. The van der Waals surface area contributed by atoms with Crippen LogP contribution in [0.3, 0.4) is 0 Å². The van der Waals surface area contributed by atoms with Gasteiger partial charge in [-0.05, 0) is 55.3 Å². The predicted octanol–water partition coefficient (Wildman–Crippen LogP) is 3.99. The number of hydrogen-bond acceptors (Lipinski definition) is 9. The minimum absolute atomic E-state index is 0.0329. The van der Waals surface area contributed by atoms with Gasteiger partial charge in [0.1, 0.15) is 23.6 Å². The molecule has 0 saturated carbocycles. The zero-order valence-electron chi connectivity index (χ0n) is 24.8. The van der Waals surface area contributed by atoms with Gasteiger partial charge in [0, 0.05) is 12.3 Å². The van der Waals surface area contributed by atoms with Crippen LogP contribution < -0.4 is 11.4 Å². The van der Waals surface area contributed by atoms with Gasteiger partial charge < -0.3 is 29.2 Å². The van der Waals surface area contributed by atoms with E-state index in [9.17, 15) is 14.7 Å². The van der Waals surface area contributed by atoms with Crippen molar-refractivity contribution in [2.45, 2.75) is 109 Å². The lowest BCUT2D eigenvalue weighted by Gasteiger charge is -2.43. The summed E-state index contributed by atoms with van der Waals surface area (Å²) in [6, 6.07) is 1.49. The normalized spacial score (nSPS) is 25.2. The van der Waals surface area contributed by atoms with E-state index in [4.69, 9.17) is 24.1 Å². The summed E-state index contributed by atoms with van der Waals surface area (Å²) in [6.45, 7) is 22.8. The fourth-order valence-electron chi connectivity index (χ4n) is 3.51.